The first-order valence-corrected chi connectivity index (χ1v) is 11.3. The van der Waals surface area contributed by atoms with Crippen molar-refractivity contribution in [2.45, 2.75) is 45.7 Å². The molecule has 1 fully saturated rings. The van der Waals surface area contributed by atoms with Crippen molar-refractivity contribution in [1.82, 2.24) is 14.5 Å². The van der Waals surface area contributed by atoms with E-state index >= 15 is 0 Å². The zero-order chi connectivity index (χ0) is 24.1. The van der Waals surface area contributed by atoms with Crippen LogP contribution in [0.5, 0.6) is 5.75 Å². The van der Waals surface area contributed by atoms with Crippen molar-refractivity contribution in [3.05, 3.63) is 51.4 Å². The average Bonchev–Trinajstić information content (AvgIpc) is 3.32. The first kappa shape index (κ1) is 28.7. The van der Waals surface area contributed by atoms with Crippen LogP contribution in [0.2, 0.25) is 0 Å². The lowest BCUT2D eigenvalue weighted by Gasteiger charge is -2.27. The number of hydrogen-bond donors (Lipinski definition) is 4. The van der Waals surface area contributed by atoms with Crippen LogP contribution in [0.15, 0.2) is 29.1 Å². The Labute approximate surface area is 216 Å². The highest BCUT2D eigenvalue weighted by Gasteiger charge is 2.32. The van der Waals surface area contributed by atoms with Gasteiger partial charge >= 0.3 is 5.97 Å². The van der Waals surface area contributed by atoms with Gasteiger partial charge in [0.25, 0.3) is 5.56 Å². The maximum atomic E-state index is 12.3. The molecule has 0 spiro atoms. The number of rotatable bonds is 6. The molecule has 192 valence electrons. The van der Waals surface area contributed by atoms with Gasteiger partial charge in [-0.3, -0.25) is 9.69 Å². The van der Waals surface area contributed by atoms with Gasteiger partial charge in [0.2, 0.25) is 0 Å². The lowest BCUT2D eigenvalue weighted by molar-refractivity contribution is 0.0691. The molecule has 35 heavy (non-hydrogen) atoms. The topological polar surface area (TPSA) is 125 Å². The van der Waals surface area contributed by atoms with Crippen molar-refractivity contribution in [1.29, 1.82) is 0 Å². The molecule has 5 N–H and O–H groups in total. The summed E-state index contributed by atoms with van der Waals surface area (Å²) >= 11 is 0. The second kappa shape index (κ2) is 10.6. The maximum Gasteiger partial charge on any atom is 0.345 e. The first-order chi connectivity index (χ1) is 15.5. The fourth-order valence-electron chi connectivity index (χ4n) is 4.94. The summed E-state index contributed by atoms with van der Waals surface area (Å²) in [6, 6.07) is 8.00. The van der Waals surface area contributed by atoms with Gasteiger partial charge in [-0.25, -0.2) is 4.79 Å². The minimum absolute atomic E-state index is 0. The summed E-state index contributed by atoms with van der Waals surface area (Å²) in [7, 11) is 2.05. The number of hydrogen-bond acceptors (Lipinski definition) is 5. The first-order valence-electron chi connectivity index (χ1n) is 11.3. The molecule has 4 rings (SSSR count). The number of aromatic nitrogens is 2. The van der Waals surface area contributed by atoms with E-state index < -0.39 is 22.8 Å². The van der Waals surface area contributed by atoms with E-state index in [0.717, 1.165) is 42.5 Å². The third kappa shape index (κ3) is 5.35. The van der Waals surface area contributed by atoms with Crippen molar-refractivity contribution < 1.29 is 15.0 Å². The number of pyridine rings is 1. The minimum atomic E-state index is -1.44. The predicted molar refractivity (Wildman–Crippen MR) is 143 cm³/mol. The molecular weight excluding hydrogens is 491 g/mol. The number of benzene rings is 1. The molecule has 1 aliphatic heterocycles. The number of carboxylic acid groups (broad SMARTS) is 1. The third-order valence-electron chi connectivity index (χ3n) is 7.00. The number of likely N-dealkylation sites (tertiary alicyclic amines) is 1. The van der Waals surface area contributed by atoms with Gasteiger partial charge in [0, 0.05) is 47.8 Å². The smallest absolute Gasteiger partial charge is 0.345 e. The second-order valence-electron chi connectivity index (χ2n) is 9.70. The SMILES string of the molecule is CCc1c(-c2ccc3c(c2)cc(CN2CCC(C(C)(C)N)C2)n3C)[nH]c(=O)c(C(=O)O)c1O.Cl.Cl. The number of nitrogens with two attached hydrogens (primary N) is 1. The standard InChI is InChI=1S/C25H32N4O4.2ClH/c1-5-18-21(27-23(31)20(22(18)30)24(32)33)14-6-7-19-15(10-14)11-17(28(19)4)13-29-9-8-16(12-29)25(2,3)26;;/h6-7,10-11,16H,5,8-9,12-13,26H2,1-4H3,(H,32,33)(H2,27,30,31);2*1H. The van der Waals surface area contributed by atoms with Crippen LogP contribution in [0.25, 0.3) is 22.2 Å². The Bertz CT molecular complexity index is 1290. The van der Waals surface area contributed by atoms with Gasteiger partial charge in [-0.15, -0.1) is 24.8 Å². The van der Waals surface area contributed by atoms with Crippen molar-refractivity contribution in [2.24, 2.45) is 18.7 Å². The Morgan fingerprint density at radius 3 is 2.51 bits per heavy atom. The molecule has 10 heteroatoms. The highest BCUT2D eigenvalue weighted by molar-refractivity contribution is 5.92. The number of nitrogens with one attached hydrogen (secondary N) is 1. The molecule has 0 saturated carbocycles. The molecular formula is C25H34Cl2N4O4. The number of aromatic hydroxyl groups is 1. The number of carboxylic acids is 1. The Morgan fingerprint density at radius 1 is 1.26 bits per heavy atom. The predicted octanol–water partition coefficient (Wildman–Crippen LogP) is 3.90. The fourth-order valence-corrected chi connectivity index (χ4v) is 4.94. The minimum Gasteiger partial charge on any atom is -0.506 e. The number of nitrogens with zero attached hydrogens (tertiary/aromatic N) is 2. The maximum absolute atomic E-state index is 12.3. The van der Waals surface area contributed by atoms with Crippen LogP contribution in [0.4, 0.5) is 0 Å². The fraction of sp³-hybridized carbons (Fsp3) is 0.440. The zero-order valence-corrected chi connectivity index (χ0v) is 22.1. The number of aromatic carboxylic acids is 1. The number of H-pyrrole nitrogens is 1. The molecule has 0 amide bonds. The van der Waals surface area contributed by atoms with E-state index in [4.69, 9.17) is 5.73 Å². The number of aromatic amines is 1. The van der Waals surface area contributed by atoms with Crippen LogP contribution < -0.4 is 11.3 Å². The summed E-state index contributed by atoms with van der Waals surface area (Å²) in [5, 5.41) is 20.8. The Kier molecular flexibility index (Phi) is 8.71. The van der Waals surface area contributed by atoms with Crippen LogP contribution >= 0.6 is 24.8 Å². The molecule has 2 aromatic heterocycles. The molecule has 0 radical (unpaired) electrons. The van der Waals surface area contributed by atoms with Gasteiger partial charge in [0.05, 0.1) is 5.69 Å². The Morgan fingerprint density at radius 2 is 1.94 bits per heavy atom. The number of fused-ring (bicyclic) bond motifs is 1. The molecule has 1 saturated heterocycles. The summed E-state index contributed by atoms with van der Waals surface area (Å²) in [5.41, 5.74) is 8.55. The zero-order valence-electron chi connectivity index (χ0n) is 20.4. The van der Waals surface area contributed by atoms with Crippen molar-refractivity contribution >= 4 is 41.7 Å². The quantitative estimate of drug-likeness (QED) is 0.387. The van der Waals surface area contributed by atoms with Crippen molar-refractivity contribution in [3.8, 4) is 17.0 Å². The number of carbonyl (C=O) groups is 1. The molecule has 8 nitrogen and oxygen atoms in total. The van der Waals surface area contributed by atoms with Crippen LogP contribution in [0.1, 0.15) is 48.8 Å². The van der Waals surface area contributed by atoms with E-state index in [9.17, 15) is 19.8 Å². The lowest BCUT2D eigenvalue weighted by atomic mass is 9.88. The van der Waals surface area contributed by atoms with E-state index in [-0.39, 0.29) is 30.4 Å². The molecule has 3 aromatic rings. The second-order valence-corrected chi connectivity index (χ2v) is 9.70. The molecule has 1 aromatic carbocycles. The van der Waals surface area contributed by atoms with Gasteiger partial charge in [0.15, 0.2) is 5.56 Å². The van der Waals surface area contributed by atoms with Gasteiger partial charge in [0.1, 0.15) is 5.75 Å². The summed E-state index contributed by atoms with van der Waals surface area (Å²) in [4.78, 5) is 28.8. The van der Waals surface area contributed by atoms with Crippen LogP contribution in [-0.4, -0.2) is 49.3 Å². The molecule has 3 heterocycles. The summed E-state index contributed by atoms with van der Waals surface area (Å²) in [6.45, 7) is 8.83. The highest BCUT2D eigenvalue weighted by atomic mass is 35.5. The highest BCUT2D eigenvalue weighted by Crippen LogP contribution is 2.33. The molecule has 1 unspecified atom stereocenters. The van der Waals surface area contributed by atoms with Crippen LogP contribution in [-0.2, 0) is 20.0 Å². The third-order valence-corrected chi connectivity index (χ3v) is 7.00. The van der Waals surface area contributed by atoms with E-state index in [1.807, 2.05) is 32.2 Å². The average molecular weight is 525 g/mol. The van der Waals surface area contributed by atoms with Gasteiger partial charge in [-0.2, -0.15) is 0 Å². The van der Waals surface area contributed by atoms with Gasteiger partial charge in [-0.05, 0) is 62.9 Å². The monoisotopic (exact) mass is 524 g/mol. The normalized spacial score (nSPS) is 16.2. The molecule has 1 aliphatic rings. The van der Waals surface area contributed by atoms with Crippen LogP contribution in [0, 0.1) is 5.92 Å². The van der Waals surface area contributed by atoms with Gasteiger partial charge < -0.3 is 25.5 Å². The largest absolute Gasteiger partial charge is 0.506 e. The summed E-state index contributed by atoms with van der Waals surface area (Å²) < 4.78 is 2.18. The van der Waals surface area contributed by atoms with E-state index in [0.29, 0.717) is 23.6 Å². The number of aryl methyl sites for hydroxylation is 1. The molecule has 1 atom stereocenters. The van der Waals surface area contributed by atoms with Crippen molar-refractivity contribution in [3.63, 3.8) is 0 Å². The van der Waals surface area contributed by atoms with E-state index in [1.54, 1.807) is 0 Å². The molecule has 0 aliphatic carbocycles. The van der Waals surface area contributed by atoms with Crippen molar-refractivity contribution in [2.75, 3.05) is 13.1 Å². The molecule has 0 bridgehead atoms. The van der Waals surface area contributed by atoms with E-state index in [1.165, 1.54) is 5.69 Å². The van der Waals surface area contributed by atoms with E-state index in [2.05, 4.69) is 34.4 Å². The summed E-state index contributed by atoms with van der Waals surface area (Å²) in [5.74, 6) is -1.44. The Balaban J connectivity index is 0.00000216. The van der Waals surface area contributed by atoms with Gasteiger partial charge in [-0.1, -0.05) is 13.0 Å². The Hall–Kier alpha value is -2.52. The summed E-state index contributed by atoms with van der Waals surface area (Å²) in [6.07, 6.45) is 1.48. The van der Waals surface area contributed by atoms with Crippen LogP contribution in [0.3, 0.4) is 0 Å². The number of halogens is 2. The lowest BCUT2D eigenvalue weighted by Crippen LogP contribution is -2.42.